The van der Waals surface area contributed by atoms with Gasteiger partial charge in [-0.25, -0.2) is 0 Å². The second kappa shape index (κ2) is 7.45. The van der Waals surface area contributed by atoms with Crippen LogP contribution in [0.1, 0.15) is 41.8 Å². The lowest BCUT2D eigenvalue weighted by Crippen LogP contribution is -2.45. The van der Waals surface area contributed by atoms with Crippen LogP contribution in [0.3, 0.4) is 0 Å². The molecule has 0 spiro atoms. The highest BCUT2D eigenvalue weighted by molar-refractivity contribution is 6.33. The van der Waals surface area contributed by atoms with Crippen LogP contribution in [-0.2, 0) is 6.18 Å². The van der Waals surface area contributed by atoms with Gasteiger partial charge in [-0.15, -0.1) is 0 Å². The number of carbonyl (C=O) groups is 1. The molecule has 0 unspecified atom stereocenters. The number of amides is 1. The number of benzene rings is 1. The van der Waals surface area contributed by atoms with Gasteiger partial charge in [0.15, 0.2) is 0 Å². The van der Waals surface area contributed by atoms with Crippen LogP contribution >= 0.6 is 11.6 Å². The van der Waals surface area contributed by atoms with E-state index < -0.39 is 23.2 Å². The van der Waals surface area contributed by atoms with Gasteiger partial charge in [0.2, 0.25) is 0 Å². The van der Waals surface area contributed by atoms with Crippen LogP contribution in [-0.4, -0.2) is 22.1 Å². The third kappa shape index (κ3) is 4.82. The van der Waals surface area contributed by atoms with Gasteiger partial charge >= 0.3 is 6.18 Å². The predicted octanol–water partition coefficient (Wildman–Crippen LogP) is 4.72. The maximum atomic E-state index is 13.1. The maximum Gasteiger partial charge on any atom is 0.417 e. The average molecular weight is 384 g/mol. The molecular formula is C18H17ClF3N3O. The predicted molar refractivity (Wildman–Crippen MR) is 93.7 cm³/mol. The minimum Gasteiger partial charge on any atom is -0.347 e. The highest BCUT2D eigenvalue weighted by Crippen LogP contribution is 2.33. The van der Waals surface area contributed by atoms with E-state index in [1.54, 1.807) is 13.8 Å². The molecule has 0 aliphatic rings. The first-order valence-corrected chi connectivity index (χ1v) is 8.05. The summed E-state index contributed by atoms with van der Waals surface area (Å²) >= 11 is 5.93. The van der Waals surface area contributed by atoms with Crippen molar-refractivity contribution in [2.45, 2.75) is 32.0 Å². The second-order valence-corrected chi connectivity index (χ2v) is 6.80. The third-order valence-electron chi connectivity index (χ3n) is 3.65. The highest BCUT2D eigenvalue weighted by Gasteiger charge is 2.35. The van der Waals surface area contributed by atoms with Gasteiger partial charge in [0.25, 0.3) is 5.91 Å². The Labute approximate surface area is 153 Å². The molecule has 0 atom stereocenters. The van der Waals surface area contributed by atoms with E-state index in [0.717, 1.165) is 6.07 Å². The number of aromatic nitrogens is 1. The van der Waals surface area contributed by atoms with Gasteiger partial charge in [-0.1, -0.05) is 29.8 Å². The molecule has 1 amide bonds. The van der Waals surface area contributed by atoms with E-state index in [9.17, 15) is 18.0 Å². The number of halogens is 4. The van der Waals surface area contributed by atoms with Crippen LogP contribution in [0.5, 0.6) is 0 Å². The molecule has 138 valence electrons. The Morgan fingerprint density at radius 2 is 1.85 bits per heavy atom. The lowest BCUT2D eigenvalue weighted by molar-refractivity contribution is -0.137. The van der Waals surface area contributed by atoms with Crippen molar-refractivity contribution < 1.29 is 18.0 Å². The van der Waals surface area contributed by atoms with Crippen LogP contribution in [0.25, 0.3) is 0 Å². The summed E-state index contributed by atoms with van der Waals surface area (Å²) in [5.74, 6) is -0.487. The molecule has 0 bridgehead atoms. The van der Waals surface area contributed by atoms with Crippen molar-refractivity contribution in [1.82, 2.24) is 10.3 Å². The van der Waals surface area contributed by atoms with Gasteiger partial charge in [-0.05, 0) is 26.0 Å². The summed E-state index contributed by atoms with van der Waals surface area (Å²) < 4.78 is 39.4. The Bertz CT molecular complexity index is 834. The number of rotatable bonds is 5. The Morgan fingerprint density at radius 1 is 1.19 bits per heavy atom. The molecule has 1 aromatic carbocycles. The van der Waals surface area contributed by atoms with E-state index in [0.29, 0.717) is 0 Å². The monoisotopic (exact) mass is 383 g/mol. The summed E-state index contributed by atoms with van der Waals surface area (Å²) in [6.07, 6.45) is -1.91. The molecule has 0 saturated carbocycles. The fraction of sp³-hybridized carbons (Fsp3) is 0.278. The normalized spacial score (nSPS) is 11.9. The van der Waals surface area contributed by atoms with Crippen molar-refractivity contribution in [2.24, 2.45) is 0 Å². The van der Waals surface area contributed by atoms with Crippen molar-refractivity contribution >= 4 is 23.2 Å². The van der Waals surface area contributed by atoms with Gasteiger partial charge < -0.3 is 10.7 Å². The van der Waals surface area contributed by atoms with E-state index in [-0.39, 0.29) is 28.3 Å². The molecule has 2 aromatic rings. The molecule has 4 nitrogen and oxygen atoms in total. The van der Waals surface area contributed by atoms with E-state index >= 15 is 0 Å². The fourth-order valence-electron chi connectivity index (χ4n) is 2.51. The van der Waals surface area contributed by atoms with Gasteiger partial charge in [0.05, 0.1) is 16.1 Å². The zero-order valence-electron chi connectivity index (χ0n) is 14.1. The largest absolute Gasteiger partial charge is 0.417 e. The second-order valence-electron chi connectivity index (χ2n) is 6.39. The molecule has 1 heterocycles. The Hall–Kier alpha value is -2.41. The zero-order valence-corrected chi connectivity index (χ0v) is 14.9. The number of carbonyl (C=O) groups excluding carboxylic acids is 1. The van der Waals surface area contributed by atoms with Crippen LogP contribution in [0.15, 0.2) is 42.7 Å². The number of alkyl halides is 3. The molecular weight excluding hydrogens is 367 g/mol. The summed E-state index contributed by atoms with van der Waals surface area (Å²) in [7, 11) is 0. The third-order valence-corrected chi connectivity index (χ3v) is 3.95. The summed E-state index contributed by atoms with van der Waals surface area (Å²) in [6.45, 7) is 3.26. The van der Waals surface area contributed by atoms with Crippen LogP contribution < -0.4 is 5.32 Å². The number of pyridine rings is 1. The van der Waals surface area contributed by atoms with Crippen molar-refractivity contribution in [3.63, 3.8) is 0 Å². The van der Waals surface area contributed by atoms with Gasteiger partial charge in [0.1, 0.15) is 0 Å². The molecule has 2 N–H and O–H groups in total. The Balaban J connectivity index is 2.18. The molecule has 0 radical (unpaired) electrons. The van der Waals surface area contributed by atoms with Crippen molar-refractivity contribution in [1.29, 1.82) is 5.41 Å². The molecule has 8 heteroatoms. The fourth-order valence-corrected chi connectivity index (χ4v) is 2.71. The number of hydrogen-bond acceptors (Lipinski definition) is 3. The molecule has 0 saturated heterocycles. The van der Waals surface area contributed by atoms with Crippen LogP contribution in [0, 0.1) is 5.41 Å². The zero-order chi connectivity index (χ0) is 19.5. The molecule has 26 heavy (non-hydrogen) atoms. The minimum absolute atomic E-state index is 0.0888. The van der Waals surface area contributed by atoms with E-state index in [1.807, 2.05) is 0 Å². The van der Waals surface area contributed by atoms with E-state index in [1.165, 1.54) is 36.7 Å². The van der Waals surface area contributed by atoms with Crippen molar-refractivity contribution in [3.8, 4) is 0 Å². The van der Waals surface area contributed by atoms with Crippen LogP contribution in [0.2, 0.25) is 5.02 Å². The van der Waals surface area contributed by atoms with Gasteiger partial charge in [-0.3, -0.25) is 9.78 Å². The smallest absolute Gasteiger partial charge is 0.347 e. The van der Waals surface area contributed by atoms with E-state index in [2.05, 4.69) is 10.3 Å². The highest BCUT2D eigenvalue weighted by atomic mass is 35.5. The molecule has 2 rings (SSSR count). The quantitative estimate of drug-likeness (QED) is 0.733. The molecule has 1 aromatic heterocycles. The lowest BCUT2D eigenvalue weighted by Gasteiger charge is -2.27. The topological polar surface area (TPSA) is 65.8 Å². The minimum atomic E-state index is -4.55. The van der Waals surface area contributed by atoms with Gasteiger partial charge in [0, 0.05) is 35.6 Å². The first-order chi connectivity index (χ1) is 12.0. The summed E-state index contributed by atoms with van der Waals surface area (Å²) in [6, 6.07) is 6.35. The number of hydrogen-bond donors (Lipinski definition) is 2. The molecule has 0 aliphatic heterocycles. The summed E-state index contributed by atoms with van der Waals surface area (Å²) in [4.78, 5) is 16.1. The number of nitrogens with zero attached hydrogens (tertiary/aromatic N) is 1. The SMILES string of the molecule is CC(C)(CC(=N)c1ccccc1C(F)(F)F)NC(=O)c1ccncc1Cl. The lowest BCUT2D eigenvalue weighted by atomic mass is 9.91. The average Bonchev–Trinajstić information content (AvgIpc) is 2.53. The Morgan fingerprint density at radius 3 is 2.46 bits per heavy atom. The summed E-state index contributed by atoms with van der Waals surface area (Å²) in [5, 5.41) is 11.0. The Kier molecular flexibility index (Phi) is 5.71. The first kappa shape index (κ1) is 19.9. The van der Waals surface area contributed by atoms with Crippen molar-refractivity contribution in [3.05, 3.63) is 64.4 Å². The molecule has 0 aliphatic carbocycles. The van der Waals surface area contributed by atoms with Crippen LogP contribution in [0.4, 0.5) is 13.2 Å². The van der Waals surface area contributed by atoms with Gasteiger partial charge in [-0.2, -0.15) is 13.2 Å². The summed E-state index contributed by atoms with van der Waals surface area (Å²) in [5.41, 5.74) is -2.05. The molecule has 0 fully saturated rings. The number of nitrogens with one attached hydrogen (secondary N) is 2. The standard InChI is InChI=1S/C18H17ClF3N3O/c1-17(2,25-16(26)12-7-8-24-10-14(12)19)9-15(23)11-5-3-4-6-13(11)18(20,21)22/h3-8,10,23H,9H2,1-2H3,(H,25,26). The first-order valence-electron chi connectivity index (χ1n) is 7.67. The maximum absolute atomic E-state index is 13.1. The van der Waals surface area contributed by atoms with E-state index in [4.69, 9.17) is 17.0 Å². The van der Waals surface area contributed by atoms with Crippen molar-refractivity contribution in [2.75, 3.05) is 0 Å².